The fourth-order valence-electron chi connectivity index (χ4n) is 3.64. The summed E-state index contributed by atoms with van der Waals surface area (Å²) in [6, 6.07) is 18.8. The van der Waals surface area contributed by atoms with Gasteiger partial charge in [-0.3, -0.25) is 0 Å². The molecule has 0 aliphatic carbocycles. The Balaban J connectivity index is 1.74. The molecule has 2 aliphatic rings. The molecule has 1 N–H and O–H groups in total. The molecule has 0 unspecified atom stereocenters. The van der Waals surface area contributed by atoms with Crippen molar-refractivity contribution >= 4 is 46.4 Å². The second-order valence-corrected chi connectivity index (χ2v) is 6.55. The number of rotatable bonds is 0. The summed E-state index contributed by atoms with van der Waals surface area (Å²) in [7, 11) is 4.19. The first-order chi connectivity index (χ1) is 12.1. The van der Waals surface area contributed by atoms with Crippen LogP contribution in [0.3, 0.4) is 0 Å². The van der Waals surface area contributed by atoms with Crippen molar-refractivity contribution in [3.8, 4) is 0 Å². The van der Waals surface area contributed by atoms with Crippen LogP contribution < -0.4 is 25.7 Å². The van der Waals surface area contributed by atoms with Gasteiger partial charge in [0.1, 0.15) is 0 Å². The van der Waals surface area contributed by atoms with E-state index < -0.39 is 0 Å². The minimum atomic E-state index is 0.978. The second kappa shape index (κ2) is 4.86. The second-order valence-electron chi connectivity index (χ2n) is 6.55. The van der Waals surface area contributed by atoms with Crippen molar-refractivity contribution in [1.82, 2.24) is 0 Å². The number of benzene rings is 3. The maximum atomic E-state index is 4.86. The molecule has 4 heteroatoms. The summed E-state index contributed by atoms with van der Waals surface area (Å²) >= 11 is 0. The number of hydrogen-bond donors (Lipinski definition) is 1. The van der Waals surface area contributed by atoms with E-state index in [0.717, 1.165) is 44.7 Å². The molecule has 0 fully saturated rings. The SMILES string of the molecule is C=c1ccc2c(c1)N(C)c1cc3c(cc1N=2)Nc1ccccc1N3C. The average Bonchev–Trinajstić information content (AvgIpc) is 2.62. The van der Waals surface area contributed by atoms with E-state index in [1.54, 1.807) is 0 Å². The highest BCUT2D eigenvalue weighted by Gasteiger charge is 2.24. The summed E-state index contributed by atoms with van der Waals surface area (Å²) in [6.45, 7) is 4.04. The summed E-state index contributed by atoms with van der Waals surface area (Å²) in [4.78, 5) is 9.28. The molecular weight excluding hydrogens is 308 g/mol. The number of hydrogen-bond acceptors (Lipinski definition) is 4. The van der Waals surface area contributed by atoms with Crippen LogP contribution in [0.25, 0.3) is 6.58 Å². The van der Waals surface area contributed by atoms with Crippen LogP contribution in [0.15, 0.2) is 59.6 Å². The molecule has 122 valence electrons. The Morgan fingerprint density at radius 2 is 1.60 bits per heavy atom. The molecule has 0 saturated carbocycles. The Kier molecular flexibility index (Phi) is 2.74. The molecule has 5 rings (SSSR count). The van der Waals surface area contributed by atoms with Gasteiger partial charge in [0.25, 0.3) is 0 Å². The highest BCUT2D eigenvalue weighted by Crippen LogP contribution is 2.48. The average molecular weight is 326 g/mol. The number of fused-ring (bicyclic) bond motifs is 4. The first-order valence-corrected chi connectivity index (χ1v) is 8.31. The van der Waals surface area contributed by atoms with E-state index >= 15 is 0 Å². The van der Waals surface area contributed by atoms with Gasteiger partial charge in [-0.05, 0) is 41.6 Å². The zero-order valence-electron chi connectivity index (χ0n) is 14.2. The maximum Gasteiger partial charge on any atom is 0.0896 e. The van der Waals surface area contributed by atoms with Gasteiger partial charge >= 0.3 is 0 Å². The van der Waals surface area contributed by atoms with Crippen molar-refractivity contribution in [1.29, 1.82) is 0 Å². The highest BCUT2D eigenvalue weighted by atomic mass is 15.2. The summed E-state index contributed by atoms with van der Waals surface area (Å²) in [6.07, 6.45) is 0. The molecule has 0 radical (unpaired) electrons. The highest BCUT2D eigenvalue weighted by molar-refractivity contribution is 5.96. The third kappa shape index (κ3) is 1.97. The number of para-hydroxylation sites is 2. The summed E-state index contributed by atoms with van der Waals surface area (Å²) in [5.74, 6) is 0. The summed E-state index contributed by atoms with van der Waals surface area (Å²) in [5, 5.41) is 5.51. The molecule has 3 aromatic carbocycles. The maximum absolute atomic E-state index is 4.86. The van der Waals surface area contributed by atoms with Crippen molar-refractivity contribution in [2.45, 2.75) is 0 Å². The van der Waals surface area contributed by atoms with Gasteiger partial charge in [-0.2, -0.15) is 0 Å². The lowest BCUT2D eigenvalue weighted by atomic mass is 10.1. The van der Waals surface area contributed by atoms with Gasteiger partial charge in [-0.15, -0.1) is 0 Å². The Bertz CT molecular complexity index is 1130. The van der Waals surface area contributed by atoms with Crippen LogP contribution >= 0.6 is 0 Å². The van der Waals surface area contributed by atoms with Gasteiger partial charge in [-0.1, -0.05) is 24.8 Å². The normalized spacial score (nSPS) is 13.8. The molecule has 3 aromatic rings. The largest absolute Gasteiger partial charge is 0.352 e. The molecular formula is C21H18N4. The Morgan fingerprint density at radius 3 is 2.48 bits per heavy atom. The minimum absolute atomic E-state index is 0.978. The molecule has 0 bridgehead atoms. The van der Waals surface area contributed by atoms with Crippen LogP contribution in [0.1, 0.15) is 0 Å². The lowest BCUT2D eigenvalue weighted by molar-refractivity contribution is 1.11. The molecule has 0 aromatic heterocycles. The van der Waals surface area contributed by atoms with Crippen molar-refractivity contribution in [3.05, 3.63) is 65.2 Å². The standard InChI is InChI=1S/C21H18N4/c1-13-8-9-15-19(10-13)25(3)21-12-20-16(11-17(21)23-15)22-14-6-4-5-7-18(14)24(20)2/h4-12,22H,1H2,2-3H3. The van der Waals surface area contributed by atoms with Gasteiger partial charge in [0, 0.05) is 14.1 Å². The van der Waals surface area contributed by atoms with Crippen molar-refractivity contribution in [2.75, 3.05) is 29.2 Å². The first-order valence-electron chi connectivity index (χ1n) is 8.31. The number of anilines is 6. The quantitative estimate of drug-likeness (QED) is 0.678. The summed E-state index contributed by atoms with van der Waals surface area (Å²) < 4.78 is 0. The monoisotopic (exact) mass is 326 g/mol. The van der Waals surface area contributed by atoms with Gasteiger partial charge in [0.2, 0.25) is 0 Å². The molecule has 0 saturated heterocycles. The van der Waals surface area contributed by atoms with Crippen LogP contribution in [0.2, 0.25) is 0 Å². The van der Waals surface area contributed by atoms with Gasteiger partial charge in [-0.25, -0.2) is 4.99 Å². The van der Waals surface area contributed by atoms with Crippen LogP contribution in [0, 0.1) is 0 Å². The predicted octanol–water partition coefficient (Wildman–Crippen LogP) is 3.95. The van der Waals surface area contributed by atoms with Gasteiger partial charge in [0.05, 0.1) is 45.2 Å². The zero-order chi connectivity index (χ0) is 17.1. The lowest BCUT2D eigenvalue weighted by Gasteiger charge is -2.33. The molecule has 2 aliphatic heterocycles. The van der Waals surface area contributed by atoms with E-state index in [-0.39, 0.29) is 0 Å². The van der Waals surface area contributed by atoms with E-state index in [9.17, 15) is 0 Å². The van der Waals surface area contributed by atoms with Gasteiger partial charge < -0.3 is 15.1 Å². The van der Waals surface area contributed by atoms with E-state index in [1.807, 2.05) is 18.2 Å². The fourth-order valence-corrected chi connectivity index (χ4v) is 3.64. The fraction of sp³-hybridized carbons (Fsp3) is 0.0952. The van der Waals surface area contributed by atoms with E-state index in [0.29, 0.717) is 0 Å². The third-order valence-electron chi connectivity index (χ3n) is 4.99. The van der Waals surface area contributed by atoms with E-state index in [4.69, 9.17) is 4.99 Å². The van der Waals surface area contributed by atoms with Crippen LogP contribution in [-0.2, 0) is 0 Å². The van der Waals surface area contributed by atoms with Crippen molar-refractivity contribution in [3.63, 3.8) is 0 Å². The third-order valence-corrected chi connectivity index (χ3v) is 4.99. The molecule has 0 atom stereocenters. The van der Waals surface area contributed by atoms with Crippen LogP contribution in [-0.4, -0.2) is 14.1 Å². The van der Waals surface area contributed by atoms with Gasteiger partial charge in [0.15, 0.2) is 0 Å². The minimum Gasteiger partial charge on any atom is -0.352 e. The molecule has 2 heterocycles. The number of nitrogens with zero attached hydrogens (tertiary/aromatic N) is 3. The zero-order valence-corrected chi connectivity index (χ0v) is 14.2. The molecule has 25 heavy (non-hydrogen) atoms. The van der Waals surface area contributed by atoms with Crippen molar-refractivity contribution < 1.29 is 0 Å². The Morgan fingerprint density at radius 1 is 0.800 bits per heavy atom. The Labute approximate surface area is 146 Å². The topological polar surface area (TPSA) is 30.9 Å². The Hall–Kier alpha value is -3.27. The number of nitrogens with one attached hydrogen (secondary N) is 1. The summed E-state index contributed by atoms with van der Waals surface area (Å²) in [5.41, 5.74) is 7.68. The molecule has 0 amide bonds. The van der Waals surface area contributed by atoms with Crippen LogP contribution in [0.4, 0.5) is 39.8 Å². The van der Waals surface area contributed by atoms with Crippen molar-refractivity contribution in [2.24, 2.45) is 4.99 Å². The van der Waals surface area contributed by atoms with E-state index in [1.165, 1.54) is 5.69 Å². The smallest absolute Gasteiger partial charge is 0.0896 e. The lowest BCUT2D eigenvalue weighted by Crippen LogP contribution is -2.25. The first kappa shape index (κ1) is 14.1. The van der Waals surface area contributed by atoms with Crippen LogP contribution in [0.5, 0.6) is 0 Å². The predicted molar refractivity (Wildman–Crippen MR) is 105 cm³/mol. The molecule has 4 nitrogen and oxygen atoms in total. The molecule has 0 spiro atoms. The van der Waals surface area contributed by atoms with E-state index in [2.05, 4.69) is 72.2 Å².